The molecule has 7 heteroatoms. The second-order valence-corrected chi connectivity index (χ2v) is 8.52. The summed E-state index contributed by atoms with van der Waals surface area (Å²) in [4.78, 5) is 13.4. The molecule has 0 radical (unpaired) electrons. The first-order valence-corrected chi connectivity index (χ1v) is 9.73. The van der Waals surface area contributed by atoms with Crippen molar-refractivity contribution in [3.63, 3.8) is 0 Å². The fraction of sp³-hybridized carbons (Fsp3) is 0.562. The zero-order chi connectivity index (χ0) is 16.4. The monoisotopic (exact) mass is 350 g/mol. The van der Waals surface area contributed by atoms with Crippen molar-refractivity contribution in [2.75, 3.05) is 0 Å². The van der Waals surface area contributed by atoms with E-state index in [9.17, 15) is 4.79 Å². The lowest BCUT2D eigenvalue weighted by Gasteiger charge is -2.14. The van der Waals surface area contributed by atoms with Gasteiger partial charge in [-0.05, 0) is 45.1 Å². The molecule has 0 aromatic carbocycles. The molecule has 0 unspecified atom stereocenters. The fourth-order valence-electron chi connectivity index (χ4n) is 2.39. The third-order valence-electron chi connectivity index (χ3n) is 3.64. The van der Waals surface area contributed by atoms with E-state index in [1.54, 1.807) is 11.3 Å². The van der Waals surface area contributed by atoms with Crippen LogP contribution in [0.15, 0.2) is 22.7 Å². The summed E-state index contributed by atoms with van der Waals surface area (Å²) in [6.07, 6.45) is 3.17. The third-order valence-corrected chi connectivity index (χ3v) is 5.58. The van der Waals surface area contributed by atoms with Crippen LogP contribution in [-0.2, 0) is 11.2 Å². The smallest absolute Gasteiger partial charge is 0.233 e. The Hall–Kier alpha value is -1.34. The Labute approximate surface area is 144 Å². The van der Waals surface area contributed by atoms with Gasteiger partial charge in [0.25, 0.3) is 0 Å². The topological polar surface area (TPSA) is 59.8 Å². The predicted molar refractivity (Wildman–Crippen MR) is 94.0 cm³/mol. The second kappa shape index (κ2) is 7.05. The van der Waals surface area contributed by atoms with Crippen molar-refractivity contribution >= 4 is 29.0 Å². The number of nitrogens with one attached hydrogen (secondary N) is 1. The van der Waals surface area contributed by atoms with Crippen LogP contribution in [-0.4, -0.2) is 32.0 Å². The van der Waals surface area contributed by atoms with E-state index < -0.39 is 0 Å². The number of aromatic nitrogens is 3. The second-order valence-electron chi connectivity index (χ2n) is 6.18. The van der Waals surface area contributed by atoms with Gasteiger partial charge in [0.15, 0.2) is 5.16 Å². The Balaban J connectivity index is 1.74. The van der Waals surface area contributed by atoms with Crippen molar-refractivity contribution in [2.45, 2.75) is 62.5 Å². The average molecular weight is 351 g/mol. The van der Waals surface area contributed by atoms with Gasteiger partial charge in [-0.15, -0.1) is 21.5 Å². The lowest BCUT2D eigenvalue weighted by atomic mass is 10.3. The SMILES string of the molecule is CC(C)NC(=O)[C@H](C)Sc1nnc(Cc2cccs2)n1C1CC1. The molecule has 23 heavy (non-hydrogen) atoms. The molecule has 3 rings (SSSR count). The standard InChI is InChI=1S/C16H22N4OS2/c1-10(2)17-15(21)11(3)23-16-19-18-14(20(16)12-6-7-12)9-13-5-4-8-22-13/h4-5,8,10-12H,6-7,9H2,1-3H3,(H,17,21)/t11-/m0/s1. The van der Waals surface area contributed by atoms with Crippen molar-refractivity contribution in [1.82, 2.24) is 20.1 Å². The summed E-state index contributed by atoms with van der Waals surface area (Å²) >= 11 is 3.24. The average Bonchev–Trinajstić information content (AvgIpc) is 3.04. The van der Waals surface area contributed by atoms with Crippen LogP contribution in [0.25, 0.3) is 0 Å². The van der Waals surface area contributed by atoms with Gasteiger partial charge < -0.3 is 9.88 Å². The number of nitrogens with zero attached hydrogens (tertiary/aromatic N) is 3. The highest BCUT2D eigenvalue weighted by molar-refractivity contribution is 8.00. The van der Waals surface area contributed by atoms with E-state index in [0.29, 0.717) is 6.04 Å². The summed E-state index contributed by atoms with van der Waals surface area (Å²) in [5.41, 5.74) is 0. The minimum Gasteiger partial charge on any atom is -0.353 e. The molecule has 0 bridgehead atoms. The van der Waals surface area contributed by atoms with E-state index in [0.717, 1.165) is 17.4 Å². The largest absolute Gasteiger partial charge is 0.353 e. The molecule has 2 aromatic rings. The van der Waals surface area contributed by atoms with Gasteiger partial charge in [0.05, 0.1) is 5.25 Å². The van der Waals surface area contributed by atoms with Crippen molar-refractivity contribution in [2.24, 2.45) is 0 Å². The number of amides is 1. The number of carbonyl (C=O) groups is 1. The Morgan fingerprint density at radius 2 is 2.22 bits per heavy atom. The molecule has 1 aliphatic carbocycles. The van der Waals surface area contributed by atoms with E-state index in [2.05, 4.69) is 37.6 Å². The summed E-state index contributed by atoms with van der Waals surface area (Å²) in [5.74, 6) is 1.06. The van der Waals surface area contributed by atoms with Gasteiger partial charge in [-0.25, -0.2) is 0 Å². The third kappa shape index (κ3) is 4.14. The van der Waals surface area contributed by atoms with E-state index in [4.69, 9.17) is 0 Å². The molecular weight excluding hydrogens is 328 g/mol. The van der Waals surface area contributed by atoms with Gasteiger partial charge in [0.2, 0.25) is 5.91 Å². The van der Waals surface area contributed by atoms with Gasteiger partial charge in [0, 0.05) is 23.4 Å². The van der Waals surface area contributed by atoms with Crippen molar-refractivity contribution < 1.29 is 4.79 Å². The number of hydrogen-bond acceptors (Lipinski definition) is 5. The molecule has 124 valence electrons. The maximum atomic E-state index is 12.1. The molecule has 0 aliphatic heterocycles. The molecule has 2 heterocycles. The van der Waals surface area contributed by atoms with E-state index in [1.165, 1.54) is 29.5 Å². The van der Waals surface area contributed by atoms with Crippen LogP contribution in [0, 0.1) is 0 Å². The van der Waals surface area contributed by atoms with Gasteiger partial charge in [0.1, 0.15) is 5.82 Å². The lowest BCUT2D eigenvalue weighted by molar-refractivity contribution is -0.120. The molecule has 1 aliphatic rings. The van der Waals surface area contributed by atoms with Gasteiger partial charge in [-0.1, -0.05) is 17.8 Å². The molecule has 1 fully saturated rings. The summed E-state index contributed by atoms with van der Waals surface area (Å²) in [7, 11) is 0. The van der Waals surface area contributed by atoms with Crippen molar-refractivity contribution in [3.8, 4) is 0 Å². The summed E-state index contributed by atoms with van der Waals surface area (Å²) in [6, 6.07) is 4.84. The van der Waals surface area contributed by atoms with Crippen molar-refractivity contribution in [1.29, 1.82) is 0 Å². The first-order chi connectivity index (χ1) is 11.0. The van der Waals surface area contributed by atoms with Crippen molar-refractivity contribution in [3.05, 3.63) is 28.2 Å². The molecule has 0 saturated heterocycles. The van der Waals surface area contributed by atoms with Crippen LogP contribution in [0.1, 0.15) is 50.4 Å². The van der Waals surface area contributed by atoms with Crippen LogP contribution >= 0.6 is 23.1 Å². The first-order valence-electron chi connectivity index (χ1n) is 7.97. The van der Waals surface area contributed by atoms with E-state index in [-0.39, 0.29) is 17.2 Å². The van der Waals surface area contributed by atoms with Crippen LogP contribution < -0.4 is 5.32 Å². The highest BCUT2D eigenvalue weighted by Gasteiger charge is 2.31. The molecular formula is C16H22N4OS2. The number of hydrogen-bond donors (Lipinski definition) is 1. The van der Waals surface area contributed by atoms with E-state index in [1.807, 2.05) is 20.8 Å². The number of thioether (sulfide) groups is 1. The molecule has 1 N–H and O–H groups in total. The summed E-state index contributed by atoms with van der Waals surface area (Å²) < 4.78 is 2.24. The summed E-state index contributed by atoms with van der Waals surface area (Å²) in [6.45, 7) is 5.87. The minimum absolute atomic E-state index is 0.0511. The number of rotatable bonds is 7. The molecule has 1 amide bonds. The fourth-order valence-corrected chi connectivity index (χ4v) is 4.04. The predicted octanol–water partition coefficient (Wildman–Crippen LogP) is 3.27. The Bertz CT molecular complexity index is 662. The number of thiophene rings is 1. The summed E-state index contributed by atoms with van der Waals surface area (Å²) in [5, 5.41) is 14.5. The maximum absolute atomic E-state index is 12.1. The number of carbonyl (C=O) groups excluding carboxylic acids is 1. The molecule has 0 spiro atoms. The first kappa shape index (κ1) is 16.5. The van der Waals surface area contributed by atoms with Gasteiger partial charge >= 0.3 is 0 Å². The van der Waals surface area contributed by atoms with Crippen LogP contribution in [0.5, 0.6) is 0 Å². The van der Waals surface area contributed by atoms with Gasteiger partial charge in [-0.2, -0.15) is 0 Å². The maximum Gasteiger partial charge on any atom is 0.233 e. The van der Waals surface area contributed by atoms with E-state index >= 15 is 0 Å². The minimum atomic E-state index is -0.173. The van der Waals surface area contributed by atoms with Crippen LogP contribution in [0.4, 0.5) is 0 Å². The molecule has 1 saturated carbocycles. The zero-order valence-corrected chi connectivity index (χ0v) is 15.3. The normalized spacial score (nSPS) is 15.8. The Morgan fingerprint density at radius 1 is 1.43 bits per heavy atom. The van der Waals surface area contributed by atoms with Crippen LogP contribution in [0.2, 0.25) is 0 Å². The molecule has 5 nitrogen and oxygen atoms in total. The highest BCUT2D eigenvalue weighted by Crippen LogP contribution is 2.40. The van der Waals surface area contributed by atoms with Crippen LogP contribution in [0.3, 0.4) is 0 Å². The molecule has 1 atom stereocenters. The van der Waals surface area contributed by atoms with Gasteiger partial charge in [-0.3, -0.25) is 4.79 Å². The quantitative estimate of drug-likeness (QED) is 0.779. The zero-order valence-electron chi connectivity index (χ0n) is 13.7. The Kier molecular flexibility index (Phi) is 5.06. The molecule has 2 aromatic heterocycles. The highest BCUT2D eigenvalue weighted by atomic mass is 32.2. The Morgan fingerprint density at radius 3 is 2.83 bits per heavy atom. The lowest BCUT2D eigenvalue weighted by Crippen LogP contribution is -2.36.